The Kier molecular flexibility index (Phi) is 3.83. The molecule has 0 bridgehead atoms. The first kappa shape index (κ1) is 13.7. The number of benzene rings is 1. The summed E-state index contributed by atoms with van der Waals surface area (Å²) in [4.78, 5) is 0. The summed E-state index contributed by atoms with van der Waals surface area (Å²) in [6.07, 6.45) is 7.44. The van der Waals surface area contributed by atoms with Crippen molar-refractivity contribution in [1.29, 1.82) is 0 Å². The van der Waals surface area contributed by atoms with Crippen molar-refractivity contribution in [2.24, 2.45) is 0 Å². The second kappa shape index (κ2) is 5.60. The van der Waals surface area contributed by atoms with Gasteiger partial charge < -0.3 is 5.32 Å². The van der Waals surface area contributed by atoms with Crippen LogP contribution in [0.4, 0.5) is 5.69 Å². The molecule has 106 valence electrons. The summed E-state index contributed by atoms with van der Waals surface area (Å²) >= 11 is 3.55. The van der Waals surface area contributed by atoms with E-state index in [1.54, 1.807) is 0 Å². The van der Waals surface area contributed by atoms with Crippen LogP contribution in [0.15, 0.2) is 35.1 Å². The van der Waals surface area contributed by atoms with Gasteiger partial charge in [-0.3, -0.25) is 4.68 Å². The van der Waals surface area contributed by atoms with Crippen LogP contribution in [0.2, 0.25) is 0 Å². The molecule has 1 atom stereocenters. The summed E-state index contributed by atoms with van der Waals surface area (Å²) in [5.41, 5.74) is 4.08. The highest BCUT2D eigenvalue weighted by atomic mass is 79.9. The van der Waals surface area contributed by atoms with Crippen LogP contribution >= 0.6 is 15.9 Å². The van der Waals surface area contributed by atoms with Gasteiger partial charge in [-0.05, 0) is 56.4 Å². The van der Waals surface area contributed by atoms with Crippen LogP contribution in [0.5, 0.6) is 0 Å². The van der Waals surface area contributed by atoms with E-state index in [1.807, 2.05) is 10.9 Å². The van der Waals surface area contributed by atoms with Crippen LogP contribution in [0, 0.1) is 0 Å². The minimum Gasteiger partial charge on any atom is -0.379 e. The predicted octanol–water partition coefficient (Wildman–Crippen LogP) is 4.20. The number of hydrogen-bond acceptors (Lipinski definition) is 2. The zero-order valence-electron chi connectivity index (χ0n) is 11.9. The summed E-state index contributed by atoms with van der Waals surface area (Å²) in [5.74, 6) is 0. The molecule has 0 radical (unpaired) electrons. The molecule has 1 heterocycles. The number of aryl methyl sites for hydroxylation is 1. The van der Waals surface area contributed by atoms with Gasteiger partial charge >= 0.3 is 0 Å². The number of hydrogen-bond donors (Lipinski definition) is 1. The predicted molar refractivity (Wildman–Crippen MR) is 86.2 cm³/mol. The van der Waals surface area contributed by atoms with Gasteiger partial charge in [0.1, 0.15) is 0 Å². The Hall–Kier alpha value is -1.29. The first-order valence-electron chi connectivity index (χ1n) is 7.20. The Labute approximate surface area is 128 Å². The molecule has 1 aliphatic rings. The lowest BCUT2D eigenvalue weighted by Crippen LogP contribution is -2.27. The van der Waals surface area contributed by atoms with E-state index in [0.717, 1.165) is 18.5 Å². The summed E-state index contributed by atoms with van der Waals surface area (Å²) < 4.78 is 3.18. The van der Waals surface area contributed by atoms with E-state index in [0.29, 0.717) is 12.1 Å². The molecule has 3 nitrogen and oxygen atoms in total. The maximum atomic E-state index is 4.39. The number of halogens is 1. The van der Waals surface area contributed by atoms with E-state index in [-0.39, 0.29) is 0 Å². The number of anilines is 1. The molecular weight excluding hydrogens is 314 g/mol. The van der Waals surface area contributed by atoms with E-state index < -0.39 is 0 Å². The third-order valence-electron chi connectivity index (χ3n) is 3.90. The average molecular weight is 334 g/mol. The lowest BCUT2D eigenvalue weighted by atomic mass is 9.88. The fourth-order valence-corrected chi connectivity index (χ4v) is 3.19. The van der Waals surface area contributed by atoms with Gasteiger partial charge in [0, 0.05) is 22.8 Å². The molecule has 20 heavy (non-hydrogen) atoms. The van der Waals surface area contributed by atoms with Gasteiger partial charge in [0.2, 0.25) is 0 Å². The maximum Gasteiger partial charge on any atom is 0.0728 e. The molecular formula is C16H20BrN3. The molecule has 1 aromatic carbocycles. The minimum absolute atomic E-state index is 0.412. The molecule has 1 N–H and O–H groups in total. The minimum atomic E-state index is 0.412. The van der Waals surface area contributed by atoms with Crippen molar-refractivity contribution in [2.75, 3.05) is 5.32 Å². The zero-order valence-corrected chi connectivity index (χ0v) is 13.5. The molecule has 1 aromatic heterocycles. The lowest BCUT2D eigenvalue weighted by molar-refractivity contribution is 0.532. The normalized spacial score (nSPS) is 18.1. The fourth-order valence-electron chi connectivity index (χ4n) is 2.78. The molecule has 0 aliphatic heterocycles. The SMILES string of the molecule is CC(C)n1cc(NC2CCc3cc(Br)ccc3C2)cn1. The highest BCUT2D eigenvalue weighted by molar-refractivity contribution is 9.10. The smallest absolute Gasteiger partial charge is 0.0728 e. The topological polar surface area (TPSA) is 29.9 Å². The molecule has 0 amide bonds. The van der Waals surface area contributed by atoms with Gasteiger partial charge in [0.05, 0.1) is 11.9 Å². The first-order chi connectivity index (χ1) is 9.61. The molecule has 4 heteroatoms. The quantitative estimate of drug-likeness (QED) is 0.912. The van der Waals surface area contributed by atoms with E-state index >= 15 is 0 Å². The summed E-state index contributed by atoms with van der Waals surface area (Å²) in [6.45, 7) is 4.29. The van der Waals surface area contributed by atoms with Gasteiger partial charge in [-0.25, -0.2) is 0 Å². The molecule has 0 spiro atoms. The number of aromatic nitrogens is 2. The van der Waals surface area contributed by atoms with E-state index in [4.69, 9.17) is 0 Å². The summed E-state index contributed by atoms with van der Waals surface area (Å²) in [6, 6.07) is 7.55. The van der Waals surface area contributed by atoms with Crippen LogP contribution in [0.3, 0.4) is 0 Å². The van der Waals surface area contributed by atoms with Crippen LogP contribution in [-0.2, 0) is 12.8 Å². The highest BCUT2D eigenvalue weighted by Crippen LogP contribution is 2.26. The summed E-state index contributed by atoms with van der Waals surface area (Å²) in [7, 11) is 0. The molecule has 0 fully saturated rings. The Morgan fingerprint density at radius 3 is 2.95 bits per heavy atom. The number of nitrogens with zero attached hydrogens (tertiary/aromatic N) is 2. The van der Waals surface area contributed by atoms with Gasteiger partial charge in [-0.1, -0.05) is 22.0 Å². The lowest BCUT2D eigenvalue weighted by Gasteiger charge is -2.26. The van der Waals surface area contributed by atoms with Crippen LogP contribution in [0.1, 0.15) is 37.4 Å². The number of nitrogens with one attached hydrogen (secondary N) is 1. The van der Waals surface area contributed by atoms with Crippen LogP contribution in [-0.4, -0.2) is 15.8 Å². The third-order valence-corrected chi connectivity index (χ3v) is 4.39. The summed E-state index contributed by atoms with van der Waals surface area (Å²) in [5, 5.41) is 8.00. The maximum absolute atomic E-state index is 4.39. The first-order valence-corrected chi connectivity index (χ1v) is 7.99. The van der Waals surface area contributed by atoms with Crippen LogP contribution in [0.25, 0.3) is 0 Å². The molecule has 2 aromatic rings. The highest BCUT2D eigenvalue weighted by Gasteiger charge is 2.19. The zero-order chi connectivity index (χ0) is 14.1. The second-order valence-corrected chi connectivity index (χ2v) is 6.72. The monoisotopic (exact) mass is 333 g/mol. The second-order valence-electron chi connectivity index (χ2n) is 5.80. The van der Waals surface area contributed by atoms with E-state index in [9.17, 15) is 0 Å². The average Bonchev–Trinajstić information content (AvgIpc) is 2.88. The Bertz CT molecular complexity index is 604. The van der Waals surface area contributed by atoms with Crippen molar-refractivity contribution in [1.82, 2.24) is 9.78 Å². The van der Waals surface area contributed by atoms with Gasteiger partial charge in [0.15, 0.2) is 0 Å². The number of rotatable bonds is 3. The Morgan fingerprint density at radius 1 is 1.35 bits per heavy atom. The Balaban J connectivity index is 1.69. The van der Waals surface area contributed by atoms with Crippen molar-refractivity contribution in [3.63, 3.8) is 0 Å². The number of fused-ring (bicyclic) bond motifs is 1. The van der Waals surface area contributed by atoms with Gasteiger partial charge in [-0.2, -0.15) is 5.10 Å². The molecule has 1 unspecified atom stereocenters. The third kappa shape index (κ3) is 2.90. The Morgan fingerprint density at radius 2 is 2.20 bits per heavy atom. The molecule has 0 saturated heterocycles. The van der Waals surface area contributed by atoms with Crippen molar-refractivity contribution >= 4 is 21.6 Å². The van der Waals surface area contributed by atoms with Crippen molar-refractivity contribution in [3.8, 4) is 0 Å². The molecule has 3 rings (SSSR count). The van der Waals surface area contributed by atoms with E-state index in [2.05, 4.69) is 64.6 Å². The standard InChI is InChI=1S/C16H20BrN3/c1-11(2)20-10-16(9-18-20)19-15-6-4-12-7-14(17)5-3-13(12)8-15/h3,5,7,9-11,15,19H,4,6,8H2,1-2H3. The van der Waals surface area contributed by atoms with E-state index in [1.165, 1.54) is 22.0 Å². The molecule has 1 aliphatic carbocycles. The van der Waals surface area contributed by atoms with Gasteiger partial charge in [0.25, 0.3) is 0 Å². The van der Waals surface area contributed by atoms with Crippen molar-refractivity contribution in [2.45, 2.75) is 45.2 Å². The van der Waals surface area contributed by atoms with Crippen molar-refractivity contribution in [3.05, 3.63) is 46.2 Å². The van der Waals surface area contributed by atoms with Gasteiger partial charge in [-0.15, -0.1) is 0 Å². The van der Waals surface area contributed by atoms with Crippen LogP contribution < -0.4 is 5.32 Å². The fraction of sp³-hybridized carbons (Fsp3) is 0.438. The largest absolute Gasteiger partial charge is 0.379 e. The van der Waals surface area contributed by atoms with Crippen molar-refractivity contribution < 1.29 is 0 Å². The molecule has 0 saturated carbocycles.